The first-order chi connectivity index (χ1) is 14.9. The molecule has 3 heterocycles. The van der Waals surface area contributed by atoms with E-state index in [1.807, 2.05) is 31.2 Å². The average Bonchev–Trinajstić information content (AvgIpc) is 3.47. The molecule has 1 aliphatic heterocycles. The molecular formula is C22H22N4O4S. The number of furan rings is 1. The highest BCUT2D eigenvalue weighted by Crippen LogP contribution is 2.29. The lowest BCUT2D eigenvalue weighted by molar-refractivity contribution is -0.122. The van der Waals surface area contributed by atoms with E-state index in [9.17, 15) is 14.4 Å². The second-order valence-electron chi connectivity index (χ2n) is 7.44. The first-order valence-electron chi connectivity index (χ1n) is 9.86. The number of carbonyl (C=O) groups is 3. The van der Waals surface area contributed by atoms with Gasteiger partial charge < -0.3 is 20.0 Å². The summed E-state index contributed by atoms with van der Waals surface area (Å²) >= 11 is 1.29. The minimum atomic E-state index is -0.436. The Bertz CT molecular complexity index is 1120. The number of hydrogen-bond acceptors (Lipinski definition) is 6. The van der Waals surface area contributed by atoms with Crippen molar-refractivity contribution in [3.05, 3.63) is 53.1 Å². The molecule has 1 unspecified atom stereocenters. The monoisotopic (exact) mass is 438 g/mol. The average molecular weight is 439 g/mol. The van der Waals surface area contributed by atoms with Crippen molar-refractivity contribution in [3.63, 3.8) is 0 Å². The molecule has 1 fully saturated rings. The number of nitrogens with zero attached hydrogens (tertiary/aromatic N) is 2. The topological polar surface area (TPSA) is 105 Å². The van der Waals surface area contributed by atoms with E-state index in [4.69, 9.17) is 4.42 Å². The Balaban J connectivity index is 1.37. The van der Waals surface area contributed by atoms with Crippen molar-refractivity contribution >= 4 is 39.9 Å². The molecule has 0 saturated carbocycles. The third-order valence-electron chi connectivity index (χ3n) is 5.00. The van der Waals surface area contributed by atoms with E-state index in [2.05, 4.69) is 15.6 Å². The summed E-state index contributed by atoms with van der Waals surface area (Å²) in [6.45, 7) is 4.07. The first-order valence-corrected chi connectivity index (χ1v) is 10.7. The maximum absolute atomic E-state index is 12.7. The molecule has 0 bridgehead atoms. The fourth-order valence-corrected chi connectivity index (χ4v) is 4.03. The Kier molecular flexibility index (Phi) is 5.85. The maximum atomic E-state index is 12.7. The van der Waals surface area contributed by atoms with E-state index >= 15 is 0 Å². The lowest BCUT2D eigenvalue weighted by Gasteiger charge is -2.16. The van der Waals surface area contributed by atoms with Crippen molar-refractivity contribution in [2.24, 2.45) is 5.92 Å². The first kappa shape index (κ1) is 20.8. The van der Waals surface area contributed by atoms with Gasteiger partial charge in [-0.15, -0.1) is 11.3 Å². The summed E-state index contributed by atoms with van der Waals surface area (Å²) < 4.78 is 5.69. The van der Waals surface area contributed by atoms with Crippen LogP contribution in [0.4, 0.5) is 10.8 Å². The van der Waals surface area contributed by atoms with E-state index in [1.165, 1.54) is 18.3 Å². The Morgan fingerprint density at radius 3 is 2.74 bits per heavy atom. The molecule has 2 aromatic heterocycles. The smallest absolute Gasteiger partial charge is 0.231 e. The van der Waals surface area contributed by atoms with Crippen LogP contribution < -0.4 is 15.5 Å². The van der Waals surface area contributed by atoms with Crippen LogP contribution >= 0.6 is 11.3 Å². The predicted octanol–water partition coefficient (Wildman–Crippen LogP) is 3.34. The molecule has 9 heteroatoms. The number of anilines is 2. The van der Waals surface area contributed by atoms with Gasteiger partial charge in [0.1, 0.15) is 11.5 Å². The molecule has 3 aromatic rings. The summed E-state index contributed by atoms with van der Waals surface area (Å²) in [7, 11) is 0. The molecular weight excluding hydrogens is 416 g/mol. The molecule has 0 radical (unpaired) electrons. The molecule has 1 saturated heterocycles. The van der Waals surface area contributed by atoms with Crippen LogP contribution in [0.5, 0.6) is 0 Å². The van der Waals surface area contributed by atoms with Gasteiger partial charge in [-0.05, 0) is 31.2 Å². The van der Waals surface area contributed by atoms with Crippen molar-refractivity contribution in [3.8, 4) is 11.5 Å². The SMILES string of the molecule is CC(=O)NCc1ccc(-c2csc(NC(=O)C3CC(=O)N(c4ccc(C)cc4)C3)n2)o1. The molecule has 3 amide bonds. The zero-order valence-corrected chi connectivity index (χ0v) is 18.0. The van der Waals surface area contributed by atoms with E-state index < -0.39 is 5.92 Å². The standard InChI is InChI=1S/C22H22N4O4S/c1-13-3-5-16(6-4-13)26-11-15(9-20(26)28)21(29)25-22-24-18(12-31-22)19-8-7-17(30-19)10-23-14(2)27/h3-8,12,15H,9-11H2,1-2H3,(H,23,27)(H,24,25,29). The molecule has 31 heavy (non-hydrogen) atoms. The van der Waals surface area contributed by atoms with Gasteiger partial charge >= 0.3 is 0 Å². The predicted molar refractivity (Wildman–Crippen MR) is 118 cm³/mol. The van der Waals surface area contributed by atoms with Crippen LogP contribution in [-0.4, -0.2) is 29.3 Å². The molecule has 2 N–H and O–H groups in total. The van der Waals surface area contributed by atoms with Crippen molar-refractivity contribution in [1.29, 1.82) is 0 Å². The summed E-state index contributed by atoms with van der Waals surface area (Å²) in [4.78, 5) is 42.2. The van der Waals surface area contributed by atoms with Gasteiger partial charge in [0, 0.05) is 31.0 Å². The van der Waals surface area contributed by atoms with Crippen LogP contribution in [0.15, 0.2) is 46.2 Å². The number of nitrogens with one attached hydrogen (secondary N) is 2. The summed E-state index contributed by atoms with van der Waals surface area (Å²) in [5, 5.41) is 7.72. The normalized spacial score (nSPS) is 15.9. The van der Waals surface area contributed by atoms with Crippen LogP contribution in [0.25, 0.3) is 11.5 Å². The summed E-state index contributed by atoms with van der Waals surface area (Å²) in [5.74, 6) is 0.306. The molecule has 1 aliphatic rings. The molecule has 1 aromatic carbocycles. The second-order valence-corrected chi connectivity index (χ2v) is 8.30. The summed E-state index contributed by atoms with van der Waals surface area (Å²) in [6, 6.07) is 11.2. The number of carbonyl (C=O) groups excluding carboxylic acids is 3. The molecule has 1 atom stereocenters. The van der Waals surface area contributed by atoms with Crippen molar-refractivity contribution in [1.82, 2.24) is 10.3 Å². The van der Waals surface area contributed by atoms with Crippen LogP contribution in [0.2, 0.25) is 0 Å². The highest BCUT2D eigenvalue weighted by Gasteiger charge is 2.35. The Morgan fingerprint density at radius 2 is 2.00 bits per heavy atom. The molecule has 8 nitrogen and oxygen atoms in total. The number of benzene rings is 1. The van der Waals surface area contributed by atoms with Gasteiger partial charge in [0.05, 0.1) is 12.5 Å². The van der Waals surface area contributed by atoms with Crippen LogP contribution in [0.3, 0.4) is 0 Å². The highest BCUT2D eigenvalue weighted by atomic mass is 32.1. The fraction of sp³-hybridized carbons (Fsp3) is 0.273. The third-order valence-corrected chi connectivity index (χ3v) is 5.76. The van der Waals surface area contributed by atoms with Gasteiger partial charge in [-0.3, -0.25) is 14.4 Å². The largest absolute Gasteiger partial charge is 0.458 e. The van der Waals surface area contributed by atoms with Crippen molar-refractivity contribution < 1.29 is 18.8 Å². The van der Waals surface area contributed by atoms with Gasteiger partial charge in [-0.25, -0.2) is 4.98 Å². The molecule has 4 rings (SSSR count). The second kappa shape index (κ2) is 8.73. The lowest BCUT2D eigenvalue weighted by Crippen LogP contribution is -2.28. The minimum Gasteiger partial charge on any atom is -0.458 e. The van der Waals surface area contributed by atoms with Crippen LogP contribution in [0, 0.1) is 12.8 Å². The third kappa shape index (κ3) is 4.83. The van der Waals surface area contributed by atoms with Gasteiger partial charge in [-0.1, -0.05) is 17.7 Å². The summed E-state index contributed by atoms with van der Waals surface area (Å²) in [6.07, 6.45) is 0.169. The summed E-state index contributed by atoms with van der Waals surface area (Å²) in [5.41, 5.74) is 2.51. The molecule has 160 valence electrons. The van der Waals surface area contributed by atoms with Crippen molar-refractivity contribution in [2.75, 3.05) is 16.8 Å². The molecule has 0 aliphatic carbocycles. The Hall–Kier alpha value is -3.46. The van der Waals surface area contributed by atoms with Gasteiger partial charge in [-0.2, -0.15) is 0 Å². The Morgan fingerprint density at radius 1 is 1.23 bits per heavy atom. The minimum absolute atomic E-state index is 0.0638. The van der Waals surface area contributed by atoms with Gasteiger partial charge in [0.15, 0.2) is 10.9 Å². The zero-order chi connectivity index (χ0) is 22.0. The number of thiazole rings is 1. The lowest BCUT2D eigenvalue weighted by atomic mass is 10.1. The number of rotatable bonds is 6. The van der Waals surface area contributed by atoms with E-state index in [1.54, 1.807) is 22.4 Å². The van der Waals surface area contributed by atoms with E-state index in [0.29, 0.717) is 35.4 Å². The van der Waals surface area contributed by atoms with E-state index in [0.717, 1.165) is 11.3 Å². The van der Waals surface area contributed by atoms with Gasteiger partial charge in [0.2, 0.25) is 17.7 Å². The number of aryl methyl sites for hydroxylation is 1. The zero-order valence-electron chi connectivity index (χ0n) is 17.2. The number of hydrogen-bond donors (Lipinski definition) is 2. The maximum Gasteiger partial charge on any atom is 0.231 e. The van der Waals surface area contributed by atoms with Crippen LogP contribution in [-0.2, 0) is 20.9 Å². The highest BCUT2D eigenvalue weighted by molar-refractivity contribution is 7.14. The number of aromatic nitrogens is 1. The number of amides is 3. The molecule has 0 spiro atoms. The van der Waals surface area contributed by atoms with Crippen molar-refractivity contribution in [2.45, 2.75) is 26.8 Å². The fourth-order valence-electron chi connectivity index (χ4n) is 3.33. The Labute approximate surface area is 183 Å². The van der Waals surface area contributed by atoms with E-state index in [-0.39, 0.29) is 24.1 Å². The van der Waals surface area contributed by atoms with Gasteiger partial charge in [0.25, 0.3) is 0 Å². The quantitative estimate of drug-likeness (QED) is 0.614. The van der Waals surface area contributed by atoms with Crippen LogP contribution in [0.1, 0.15) is 24.7 Å².